The zero-order valence-corrected chi connectivity index (χ0v) is 7.84. The minimum absolute atomic E-state index is 0.260. The molecule has 0 radical (unpaired) electrons. The van der Waals surface area contributed by atoms with Crippen LogP contribution in [0, 0.1) is 6.92 Å². The first-order chi connectivity index (χ1) is 6.97. The molecule has 1 heterocycles. The summed E-state index contributed by atoms with van der Waals surface area (Å²) in [6.07, 6.45) is -3.69. The van der Waals surface area contributed by atoms with Crippen molar-refractivity contribution in [2.24, 2.45) is 0 Å². The second-order valence-electron chi connectivity index (χ2n) is 3.25. The molecular weight excluding hydrogens is 205 g/mol. The zero-order valence-electron chi connectivity index (χ0n) is 7.84. The van der Waals surface area contributed by atoms with E-state index < -0.39 is 11.9 Å². The summed E-state index contributed by atoms with van der Waals surface area (Å²) in [6, 6.07) is 4.94. The minimum Gasteiger partial charge on any atom is -0.252 e. The standard InChI is InChI=1S/C10H7F3N2/c1-6-2-3-7-8(4-6)14-5-9(15-7)10(11,12)13/h2-5H,1H3. The summed E-state index contributed by atoms with van der Waals surface area (Å²) < 4.78 is 36.9. The second-order valence-corrected chi connectivity index (χ2v) is 3.25. The molecule has 2 nitrogen and oxygen atoms in total. The van der Waals surface area contributed by atoms with E-state index >= 15 is 0 Å². The van der Waals surface area contributed by atoms with Crippen LogP contribution in [0.15, 0.2) is 24.4 Å². The molecule has 0 spiro atoms. The second kappa shape index (κ2) is 3.18. The lowest BCUT2D eigenvalue weighted by atomic mass is 10.2. The molecule has 0 saturated heterocycles. The van der Waals surface area contributed by atoms with E-state index in [0.717, 1.165) is 11.8 Å². The van der Waals surface area contributed by atoms with Gasteiger partial charge < -0.3 is 0 Å². The highest BCUT2D eigenvalue weighted by Crippen LogP contribution is 2.27. The third-order valence-electron chi connectivity index (χ3n) is 1.99. The van der Waals surface area contributed by atoms with Crippen LogP contribution in [-0.4, -0.2) is 9.97 Å². The number of aryl methyl sites for hydroxylation is 1. The van der Waals surface area contributed by atoms with Crippen molar-refractivity contribution in [3.05, 3.63) is 35.7 Å². The lowest BCUT2D eigenvalue weighted by molar-refractivity contribution is -0.141. The fourth-order valence-corrected chi connectivity index (χ4v) is 1.26. The Morgan fingerprint density at radius 3 is 2.53 bits per heavy atom. The highest BCUT2D eigenvalue weighted by atomic mass is 19.4. The van der Waals surface area contributed by atoms with Gasteiger partial charge in [-0.25, -0.2) is 4.98 Å². The molecular formula is C10H7F3N2. The maximum Gasteiger partial charge on any atom is 0.434 e. The van der Waals surface area contributed by atoms with Crippen LogP contribution in [-0.2, 0) is 6.18 Å². The summed E-state index contributed by atoms with van der Waals surface area (Å²) in [5.74, 6) is 0. The van der Waals surface area contributed by atoms with Gasteiger partial charge in [0.1, 0.15) is 0 Å². The van der Waals surface area contributed by atoms with Crippen molar-refractivity contribution in [2.45, 2.75) is 13.1 Å². The van der Waals surface area contributed by atoms with Crippen LogP contribution in [0.3, 0.4) is 0 Å². The predicted octanol–water partition coefficient (Wildman–Crippen LogP) is 2.96. The van der Waals surface area contributed by atoms with Crippen LogP contribution in [0.1, 0.15) is 11.3 Å². The molecule has 0 unspecified atom stereocenters. The highest BCUT2D eigenvalue weighted by molar-refractivity contribution is 5.74. The fourth-order valence-electron chi connectivity index (χ4n) is 1.26. The highest BCUT2D eigenvalue weighted by Gasteiger charge is 2.33. The quantitative estimate of drug-likeness (QED) is 0.670. The van der Waals surface area contributed by atoms with Crippen molar-refractivity contribution in [1.29, 1.82) is 0 Å². The first-order valence-electron chi connectivity index (χ1n) is 4.27. The lowest BCUT2D eigenvalue weighted by Crippen LogP contribution is -2.08. The lowest BCUT2D eigenvalue weighted by Gasteiger charge is -2.05. The van der Waals surface area contributed by atoms with Crippen LogP contribution in [0.4, 0.5) is 13.2 Å². The molecule has 5 heteroatoms. The van der Waals surface area contributed by atoms with Gasteiger partial charge in [0.2, 0.25) is 0 Å². The van der Waals surface area contributed by atoms with Crippen molar-refractivity contribution < 1.29 is 13.2 Å². The number of alkyl halides is 3. The summed E-state index contributed by atoms with van der Waals surface area (Å²) in [5, 5.41) is 0. The van der Waals surface area contributed by atoms with Gasteiger partial charge in [-0.2, -0.15) is 13.2 Å². The average Bonchev–Trinajstić information content (AvgIpc) is 2.15. The van der Waals surface area contributed by atoms with Gasteiger partial charge in [0.15, 0.2) is 5.69 Å². The molecule has 0 aliphatic carbocycles. The SMILES string of the molecule is Cc1ccc2nc(C(F)(F)F)cnc2c1. The summed E-state index contributed by atoms with van der Waals surface area (Å²) in [5.41, 5.74) is 0.717. The summed E-state index contributed by atoms with van der Waals surface area (Å²) in [6.45, 7) is 1.85. The molecule has 0 amide bonds. The molecule has 0 fully saturated rings. The molecule has 0 aliphatic rings. The van der Waals surface area contributed by atoms with Gasteiger partial charge in [-0.1, -0.05) is 6.07 Å². The van der Waals surface area contributed by atoms with Gasteiger partial charge >= 0.3 is 6.18 Å². The molecule has 0 N–H and O–H groups in total. The normalized spacial score (nSPS) is 12.0. The number of halogens is 3. The van der Waals surface area contributed by atoms with Gasteiger partial charge in [-0.3, -0.25) is 4.98 Å². The van der Waals surface area contributed by atoms with E-state index in [2.05, 4.69) is 9.97 Å². The van der Waals surface area contributed by atoms with Crippen molar-refractivity contribution in [2.75, 3.05) is 0 Å². The van der Waals surface area contributed by atoms with Gasteiger partial charge in [0.25, 0.3) is 0 Å². The molecule has 0 saturated carbocycles. The Morgan fingerprint density at radius 1 is 1.13 bits per heavy atom. The minimum atomic E-state index is -4.44. The third kappa shape index (κ3) is 1.91. The van der Waals surface area contributed by atoms with Crippen LogP contribution < -0.4 is 0 Å². The number of nitrogens with zero attached hydrogens (tertiary/aromatic N) is 2. The maximum absolute atomic E-state index is 12.3. The number of hydrogen-bond donors (Lipinski definition) is 0. The largest absolute Gasteiger partial charge is 0.434 e. The van der Waals surface area contributed by atoms with Crippen molar-refractivity contribution in [3.8, 4) is 0 Å². The molecule has 1 aromatic heterocycles. The van der Waals surface area contributed by atoms with Gasteiger partial charge in [0, 0.05) is 0 Å². The van der Waals surface area contributed by atoms with Crippen molar-refractivity contribution >= 4 is 11.0 Å². The van der Waals surface area contributed by atoms with E-state index in [0.29, 0.717) is 5.52 Å². The first kappa shape index (κ1) is 9.89. The van der Waals surface area contributed by atoms with Crippen molar-refractivity contribution in [3.63, 3.8) is 0 Å². The molecule has 1 aromatic carbocycles. The summed E-state index contributed by atoms with van der Waals surface area (Å²) >= 11 is 0. The molecule has 2 aromatic rings. The number of hydrogen-bond acceptors (Lipinski definition) is 2. The van der Waals surface area contributed by atoms with E-state index in [1.165, 1.54) is 6.07 Å². The van der Waals surface area contributed by atoms with E-state index in [-0.39, 0.29) is 5.52 Å². The van der Waals surface area contributed by atoms with E-state index in [4.69, 9.17) is 0 Å². The Balaban J connectivity index is 2.62. The summed E-state index contributed by atoms with van der Waals surface area (Å²) in [4.78, 5) is 7.23. The molecule has 15 heavy (non-hydrogen) atoms. The van der Waals surface area contributed by atoms with Gasteiger partial charge in [-0.15, -0.1) is 0 Å². The van der Waals surface area contributed by atoms with E-state index in [9.17, 15) is 13.2 Å². The average molecular weight is 212 g/mol. The number of benzene rings is 1. The molecule has 0 bridgehead atoms. The third-order valence-corrected chi connectivity index (χ3v) is 1.99. The Hall–Kier alpha value is -1.65. The molecule has 78 valence electrons. The summed E-state index contributed by atoms with van der Waals surface area (Å²) in [7, 11) is 0. The Bertz CT molecular complexity index is 505. The van der Waals surface area contributed by atoms with Gasteiger partial charge in [-0.05, 0) is 24.6 Å². The molecule has 2 rings (SSSR count). The topological polar surface area (TPSA) is 25.8 Å². The first-order valence-corrected chi connectivity index (χ1v) is 4.27. The fraction of sp³-hybridized carbons (Fsp3) is 0.200. The predicted molar refractivity (Wildman–Crippen MR) is 49.3 cm³/mol. The number of aromatic nitrogens is 2. The Kier molecular flexibility index (Phi) is 2.10. The van der Waals surface area contributed by atoms with Crippen LogP contribution in [0.25, 0.3) is 11.0 Å². The van der Waals surface area contributed by atoms with Crippen LogP contribution in [0.2, 0.25) is 0 Å². The number of rotatable bonds is 0. The van der Waals surface area contributed by atoms with E-state index in [1.54, 1.807) is 12.1 Å². The van der Waals surface area contributed by atoms with Crippen molar-refractivity contribution in [1.82, 2.24) is 9.97 Å². The van der Waals surface area contributed by atoms with Crippen LogP contribution in [0.5, 0.6) is 0 Å². The zero-order chi connectivity index (χ0) is 11.1. The Morgan fingerprint density at radius 2 is 1.87 bits per heavy atom. The maximum atomic E-state index is 12.3. The smallest absolute Gasteiger partial charge is 0.252 e. The monoisotopic (exact) mass is 212 g/mol. The Labute approximate surface area is 83.8 Å². The van der Waals surface area contributed by atoms with E-state index in [1.807, 2.05) is 6.92 Å². The van der Waals surface area contributed by atoms with Crippen LogP contribution >= 0.6 is 0 Å². The van der Waals surface area contributed by atoms with Gasteiger partial charge in [0.05, 0.1) is 17.2 Å². The molecule has 0 aliphatic heterocycles. The number of fused-ring (bicyclic) bond motifs is 1. The molecule has 0 atom stereocenters.